The molecule has 1 aromatic carbocycles. The fraction of sp³-hybridized carbons (Fsp3) is 0.429. The zero-order valence-electron chi connectivity index (χ0n) is 17.5. The second kappa shape index (κ2) is 8.68. The Morgan fingerprint density at radius 2 is 1.94 bits per heavy atom. The number of aryl methyl sites for hydroxylation is 2. The van der Waals surface area contributed by atoms with Crippen molar-refractivity contribution in [2.75, 3.05) is 19.7 Å². The number of carbonyl (C=O) groups is 1. The maximum Gasteiger partial charge on any atom is 0.332 e. The summed E-state index contributed by atoms with van der Waals surface area (Å²) in [6, 6.07) is 7.46. The molecule has 1 atom stereocenters. The highest BCUT2D eigenvalue weighted by Crippen LogP contribution is 2.24. The monoisotopic (exact) mass is 445 g/mol. The molecule has 3 aromatic rings. The van der Waals surface area contributed by atoms with Crippen LogP contribution in [0.15, 0.2) is 40.2 Å². The largest absolute Gasteiger partial charge is 0.370 e. The molecule has 0 aliphatic carbocycles. The number of halogens is 1. The van der Waals surface area contributed by atoms with Gasteiger partial charge in [-0.3, -0.25) is 18.7 Å². The van der Waals surface area contributed by atoms with Gasteiger partial charge in [0, 0.05) is 38.6 Å². The summed E-state index contributed by atoms with van der Waals surface area (Å²) in [5.41, 5.74) is 0.902. The van der Waals surface area contributed by atoms with Gasteiger partial charge in [-0.25, -0.2) is 9.78 Å². The highest BCUT2D eigenvalue weighted by Gasteiger charge is 2.25. The Hall–Kier alpha value is -2.91. The average molecular weight is 446 g/mol. The quantitative estimate of drug-likeness (QED) is 0.593. The lowest BCUT2D eigenvalue weighted by molar-refractivity contribution is -0.139. The van der Waals surface area contributed by atoms with E-state index in [1.165, 1.54) is 11.6 Å². The van der Waals surface area contributed by atoms with E-state index >= 15 is 0 Å². The Morgan fingerprint density at radius 1 is 1.19 bits per heavy atom. The van der Waals surface area contributed by atoms with Crippen molar-refractivity contribution in [1.29, 1.82) is 0 Å². The van der Waals surface area contributed by atoms with Crippen LogP contribution in [0.3, 0.4) is 0 Å². The number of hydrogen-bond acceptors (Lipinski definition) is 5. The van der Waals surface area contributed by atoms with Crippen LogP contribution in [0, 0.1) is 0 Å². The van der Waals surface area contributed by atoms with Crippen molar-refractivity contribution < 1.29 is 9.53 Å². The molecule has 1 amide bonds. The number of amides is 1. The van der Waals surface area contributed by atoms with Crippen molar-refractivity contribution in [3.63, 3.8) is 0 Å². The van der Waals surface area contributed by atoms with Crippen molar-refractivity contribution in [2.45, 2.75) is 25.5 Å². The van der Waals surface area contributed by atoms with Gasteiger partial charge >= 0.3 is 5.69 Å². The molecule has 0 spiro atoms. The molecule has 0 saturated carbocycles. The predicted octanol–water partition coefficient (Wildman–Crippen LogP) is 1.47. The highest BCUT2D eigenvalue weighted by atomic mass is 35.5. The first-order valence-electron chi connectivity index (χ1n) is 10.1. The predicted molar refractivity (Wildman–Crippen MR) is 116 cm³/mol. The number of imidazole rings is 1. The number of benzene rings is 1. The van der Waals surface area contributed by atoms with Gasteiger partial charge in [-0.15, -0.1) is 0 Å². The summed E-state index contributed by atoms with van der Waals surface area (Å²) in [5, 5.41) is 0.661. The van der Waals surface area contributed by atoms with Gasteiger partial charge in [0.05, 0.1) is 19.5 Å². The fourth-order valence-electron chi connectivity index (χ4n) is 3.88. The first-order chi connectivity index (χ1) is 14.9. The first kappa shape index (κ1) is 21.3. The number of ether oxygens (including phenoxy) is 1. The SMILES string of the molecule is Cn1c(=O)c2c(ncn2CCCC(=O)N2CCOC(c3ccc(Cl)cc3)C2)n(C)c1=O. The molecular formula is C21H24ClN5O4. The third-order valence-electron chi connectivity index (χ3n) is 5.67. The van der Waals surface area contributed by atoms with Gasteiger partial charge in [-0.1, -0.05) is 23.7 Å². The van der Waals surface area contributed by atoms with Crippen LogP contribution in [-0.2, 0) is 30.2 Å². The van der Waals surface area contributed by atoms with E-state index in [0.717, 1.165) is 10.1 Å². The minimum absolute atomic E-state index is 0.0481. The summed E-state index contributed by atoms with van der Waals surface area (Å²) >= 11 is 5.95. The van der Waals surface area contributed by atoms with Crippen LogP contribution in [-0.4, -0.2) is 49.2 Å². The summed E-state index contributed by atoms with van der Waals surface area (Å²) in [5.74, 6) is 0.0481. The van der Waals surface area contributed by atoms with Gasteiger partial charge in [0.25, 0.3) is 5.56 Å². The molecule has 4 rings (SSSR count). The van der Waals surface area contributed by atoms with Crippen LogP contribution in [0.4, 0.5) is 0 Å². The van der Waals surface area contributed by atoms with Crippen LogP contribution in [0.2, 0.25) is 5.02 Å². The zero-order chi connectivity index (χ0) is 22.1. The lowest BCUT2D eigenvalue weighted by Gasteiger charge is -2.33. The smallest absolute Gasteiger partial charge is 0.332 e. The molecule has 1 unspecified atom stereocenters. The highest BCUT2D eigenvalue weighted by molar-refractivity contribution is 6.30. The van der Waals surface area contributed by atoms with Gasteiger partial charge in [-0.05, 0) is 24.1 Å². The molecule has 31 heavy (non-hydrogen) atoms. The lowest BCUT2D eigenvalue weighted by atomic mass is 10.1. The first-order valence-corrected chi connectivity index (χ1v) is 10.5. The van der Waals surface area contributed by atoms with E-state index in [9.17, 15) is 14.4 Å². The summed E-state index contributed by atoms with van der Waals surface area (Å²) in [7, 11) is 3.03. The second-order valence-electron chi connectivity index (χ2n) is 7.67. The number of morpholine rings is 1. The summed E-state index contributed by atoms with van der Waals surface area (Å²) in [6.45, 7) is 1.99. The maximum atomic E-state index is 12.8. The minimum atomic E-state index is -0.416. The molecule has 1 aliphatic heterocycles. The van der Waals surface area contributed by atoms with E-state index < -0.39 is 5.69 Å². The number of aromatic nitrogens is 4. The molecule has 0 radical (unpaired) electrons. The molecule has 164 valence electrons. The van der Waals surface area contributed by atoms with E-state index in [2.05, 4.69) is 4.98 Å². The van der Waals surface area contributed by atoms with Gasteiger partial charge < -0.3 is 14.2 Å². The van der Waals surface area contributed by atoms with Crippen molar-refractivity contribution in [1.82, 2.24) is 23.6 Å². The van der Waals surface area contributed by atoms with Crippen LogP contribution in [0.25, 0.3) is 11.2 Å². The van der Waals surface area contributed by atoms with Gasteiger partial charge in [0.1, 0.15) is 6.10 Å². The van der Waals surface area contributed by atoms with Crippen molar-refractivity contribution in [2.24, 2.45) is 14.1 Å². The number of hydrogen-bond donors (Lipinski definition) is 0. The Labute approximate surface area is 183 Å². The minimum Gasteiger partial charge on any atom is -0.370 e. The molecule has 2 aromatic heterocycles. The van der Waals surface area contributed by atoms with Gasteiger partial charge in [0.15, 0.2) is 11.2 Å². The Morgan fingerprint density at radius 3 is 2.68 bits per heavy atom. The van der Waals surface area contributed by atoms with Crippen LogP contribution < -0.4 is 11.2 Å². The zero-order valence-corrected chi connectivity index (χ0v) is 18.2. The average Bonchev–Trinajstić information content (AvgIpc) is 3.21. The number of fused-ring (bicyclic) bond motifs is 1. The van der Waals surface area contributed by atoms with Crippen LogP contribution in [0.1, 0.15) is 24.5 Å². The Balaban J connectivity index is 1.40. The van der Waals surface area contributed by atoms with E-state index in [0.29, 0.717) is 55.3 Å². The van der Waals surface area contributed by atoms with E-state index in [1.54, 1.807) is 17.9 Å². The third-order valence-corrected chi connectivity index (χ3v) is 5.92. The number of carbonyl (C=O) groups excluding carboxylic acids is 1. The van der Waals surface area contributed by atoms with Crippen molar-refractivity contribution in [3.05, 3.63) is 62.0 Å². The van der Waals surface area contributed by atoms with Gasteiger partial charge in [-0.2, -0.15) is 0 Å². The molecule has 1 saturated heterocycles. The van der Waals surface area contributed by atoms with Crippen molar-refractivity contribution >= 4 is 28.7 Å². The molecule has 9 nitrogen and oxygen atoms in total. The summed E-state index contributed by atoms with van der Waals surface area (Å²) < 4.78 is 9.95. The molecule has 1 aliphatic rings. The maximum absolute atomic E-state index is 12.8. The van der Waals surface area contributed by atoms with Crippen LogP contribution >= 0.6 is 11.6 Å². The summed E-state index contributed by atoms with van der Waals surface area (Å²) in [4.78, 5) is 43.3. The van der Waals surface area contributed by atoms with Crippen LogP contribution in [0.5, 0.6) is 0 Å². The Bertz CT molecular complexity index is 1230. The molecule has 10 heteroatoms. The van der Waals surface area contributed by atoms with Gasteiger partial charge in [0.2, 0.25) is 5.91 Å². The van der Waals surface area contributed by atoms with Crippen molar-refractivity contribution in [3.8, 4) is 0 Å². The molecule has 1 fully saturated rings. The normalized spacial score (nSPS) is 16.7. The standard InChI is InChI=1S/C21H24ClN5O4/c1-24-19-18(20(29)25(2)21(24)30)27(13-23-19)9-3-4-17(28)26-10-11-31-16(12-26)14-5-7-15(22)8-6-14/h5-8,13,16H,3-4,9-12H2,1-2H3. The molecule has 0 N–H and O–H groups in total. The Kier molecular flexibility index (Phi) is 5.97. The fourth-order valence-corrected chi connectivity index (χ4v) is 4.01. The molecule has 3 heterocycles. The topological polar surface area (TPSA) is 91.4 Å². The number of nitrogens with zero attached hydrogens (tertiary/aromatic N) is 5. The summed E-state index contributed by atoms with van der Waals surface area (Å²) in [6.07, 6.45) is 2.27. The van der Waals surface area contributed by atoms with E-state index in [-0.39, 0.29) is 17.6 Å². The second-order valence-corrected chi connectivity index (χ2v) is 8.11. The molecular weight excluding hydrogens is 422 g/mol. The van der Waals surface area contributed by atoms with E-state index in [4.69, 9.17) is 16.3 Å². The third kappa shape index (κ3) is 4.15. The van der Waals surface area contributed by atoms with E-state index in [1.807, 2.05) is 29.2 Å². The lowest BCUT2D eigenvalue weighted by Crippen LogP contribution is -2.42. The molecule has 0 bridgehead atoms. The number of rotatable bonds is 5.